The number of fused-ring (bicyclic) bond motifs is 2. The number of ketones is 2. The number of aliphatic imine (C=N–C) groups is 1. The van der Waals surface area contributed by atoms with Crippen LogP contribution in [0, 0.1) is 17.3 Å². The molecule has 5 aromatic carbocycles. The van der Waals surface area contributed by atoms with Crippen molar-refractivity contribution in [1.82, 2.24) is 5.32 Å². The topological polar surface area (TPSA) is 198 Å². The standard InChI is InChI=1S/C53H65N5O7/c1-5-16-40(51(62)64-33-36-17-7-6-8-18-36)32-45(60)44(24-15-30-57-52(55)56)58-50(61)39(21-13-14-29-54)31-41(59)34-63-46-27-25-37-19-9-11-22-42(37)48(46)49-43-23-12-10-20-38(43)26-28-47(49)65-35-53(2,3)4/h5-12,17-20,22-23,25-28,39-40,44H,1,13-16,21,24,29-35,54H2,2-4H3,(H,58,61)(H4,55,56,57)/t39-,40+,44+/m0/s1. The zero-order chi connectivity index (χ0) is 46.8. The number of ether oxygens (including phenoxy) is 3. The summed E-state index contributed by atoms with van der Waals surface area (Å²) in [6.07, 6.45) is 3.62. The van der Waals surface area contributed by atoms with Crippen molar-refractivity contribution >= 4 is 50.9 Å². The molecule has 12 nitrogen and oxygen atoms in total. The lowest BCUT2D eigenvalue weighted by Gasteiger charge is -2.24. The molecule has 0 bridgehead atoms. The number of Topliss-reactive ketones (excluding diaryl/α,β-unsaturated/α-hetero) is 2. The van der Waals surface area contributed by atoms with Crippen LogP contribution in [0.4, 0.5) is 0 Å². The van der Waals surface area contributed by atoms with E-state index in [1.165, 1.54) is 0 Å². The summed E-state index contributed by atoms with van der Waals surface area (Å²) in [4.78, 5) is 59.5. The molecule has 0 saturated carbocycles. The van der Waals surface area contributed by atoms with Crippen molar-refractivity contribution < 1.29 is 33.4 Å². The van der Waals surface area contributed by atoms with E-state index < -0.39 is 29.8 Å². The molecule has 0 aliphatic heterocycles. The largest absolute Gasteiger partial charge is 0.492 e. The van der Waals surface area contributed by atoms with Crippen molar-refractivity contribution in [1.29, 1.82) is 0 Å². The second-order valence-electron chi connectivity index (χ2n) is 17.7. The lowest BCUT2D eigenvalue weighted by molar-refractivity contribution is -0.151. The Morgan fingerprint density at radius 3 is 1.95 bits per heavy atom. The lowest BCUT2D eigenvalue weighted by Crippen LogP contribution is -2.45. The molecular weight excluding hydrogens is 819 g/mol. The van der Waals surface area contributed by atoms with E-state index in [0.717, 1.165) is 38.2 Å². The normalized spacial score (nSPS) is 12.7. The van der Waals surface area contributed by atoms with Crippen LogP contribution in [0.2, 0.25) is 0 Å². The lowest BCUT2D eigenvalue weighted by atomic mass is 9.91. The molecule has 65 heavy (non-hydrogen) atoms. The first-order valence-electron chi connectivity index (χ1n) is 22.5. The third-order valence-electron chi connectivity index (χ3n) is 11.0. The number of nitrogens with two attached hydrogens (primary N) is 3. The van der Waals surface area contributed by atoms with E-state index in [1.54, 1.807) is 6.08 Å². The minimum Gasteiger partial charge on any atom is -0.492 e. The number of esters is 1. The van der Waals surface area contributed by atoms with Gasteiger partial charge in [-0.15, -0.1) is 6.58 Å². The van der Waals surface area contributed by atoms with E-state index in [-0.39, 0.29) is 68.4 Å². The van der Waals surface area contributed by atoms with Gasteiger partial charge in [-0.2, -0.15) is 0 Å². The molecule has 344 valence electrons. The summed E-state index contributed by atoms with van der Waals surface area (Å²) in [7, 11) is 0. The fourth-order valence-corrected chi connectivity index (χ4v) is 7.71. The average molecular weight is 884 g/mol. The van der Waals surface area contributed by atoms with Crippen molar-refractivity contribution in [3.8, 4) is 22.6 Å². The third-order valence-corrected chi connectivity index (χ3v) is 11.0. The third kappa shape index (κ3) is 15.0. The number of benzene rings is 5. The Morgan fingerprint density at radius 2 is 1.35 bits per heavy atom. The van der Waals surface area contributed by atoms with Crippen LogP contribution >= 0.6 is 0 Å². The summed E-state index contributed by atoms with van der Waals surface area (Å²) in [5, 5.41) is 6.87. The number of guanidine groups is 1. The number of carbonyl (C=O) groups excluding carboxylic acids is 4. The molecule has 5 rings (SSSR count). The molecule has 3 atom stereocenters. The maximum absolute atomic E-state index is 14.2. The van der Waals surface area contributed by atoms with Crippen LogP contribution in [0.25, 0.3) is 32.7 Å². The quantitative estimate of drug-likeness (QED) is 0.0137. The zero-order valence-electron chi connectivity index (χ0n) is 38.1. The molecule has 0 heterocycles. The Balaban J connectivity index is 1.37. The van der Waals surface area contributed by atoms with E-state index in [2.05, 4.69) is 49.8 Å². The Morgan fingerprint density at radius 1 is 0.738 bits per heavy atom. The first kappa shape index (κ1) is 49.5. The van der Waals surface area contributed by atoms with Crippen LogP contribution < -0.4 is 32.0 Å². The molecule has 0 spiro atoms. The molecule has 0 aliphatic rings. The summed E-state index contributed by atoms with van der Waals surface area (Å²) >= 11 is 0. The molecule has 0 radical (unpaired) electrons. The van der Waals surface area contributed by atoms with E-state index in [1.807, 2.05) is 91.0 Å². The van der Waals surface area contributed by atoms with Gasteiger partial charge in [0.25, 0.3) is 0 Å². The Kier molecular flexibility index (Phi) is 18.7. The zero-order valence-corrected chi connectivity index (χ0v) is 38.1. The summed E-state index contributed by atoms with van der Waals surface area (Å²) in [6, 6.07) is 32.3. The number of amides is 1. The van der Waals surface area contributed by atoms with Gasteiger partial charge < -0.3 is 36.7 Å². The highest BCUT2D eigenvalue weighted by Gasteiger charge is 2.31. The van der Waals surface area contributed by atoms with Crippen molar-refractivity contribution in [3.05, 3.63) is 121 Å². The van der Waals surface area contributed by atoms with E-state index >= 15 is 0 Å². The predicted molar refractivity (Wildman–Crippen MR) is 259 cm³/mol. The number of allylic oxidation sites excluding steroid dienone is 1. The molecule has 7 N–H and O–H groups in total. The van der Waals surface area contributed by atoms with E-state index in [0.29, 0.717) is 50.3 Å². The monoisotopic (exact) mass is 883 g/mol. The molecule has 0 aliphatic carbocycles. The minimum atomic E-state index is -0.982. The van der Waals surface area contributed by atoms with Crippen LogP contribution in [0.15, 0.2) is 121 Å². The Hall–Kier alpha value is -6.53. The smallest absolute Gasteiger partial charge is 0.310 e. The van der Waals surface area contributed by atoms with Gasteiger partial charge in [0.15, 0.2) is 17.5 Å². The SMILES string of the molecule is C=CC[C@H](CC(=O)[C@@H](CCCN=C(N)N)NC(=O)[C@@H](CCCCN)CC(=O)COc1ccc2ccccc2c1-c1c(OCC(C)(C)C)ccc2ccccc12)C(=O)OCc1ccccc1. The first-order valence-corrected chi connectivity index (χ1v) is 22.5. The van der Waals surface area contributed by atoms with Crippen LogP contribution in [0.5, 0.6) is 11.5 Å². The van der Waals surface area contributed by atoms with E-state index in [9.17, 15) is 19.2 Å². The molecule has 0 fully saturated rings. The molecule has 1 amide bonds. The Bertz CT molecular complexity index is 2420. The van der Waals surface area contributed by atoms with Gasteiger partial charge in [-0.3, -0.25) is 24.2 Å². The number of nitrogens with one attached hydrogen (secondary N) is 1. The van der Waals surface area contributed by atoms with Crippen LogP contribution in [-0.4, -0.2) is 61.7 Å². The van der Waals surface area contributed by atoms with Crippen LogP contribution in [0.3, 0.4) is 0 Å². The second-order valence-corrected chi connectivity index (χ2v) is 17.7. The predicted octanol–water partition coefficient (Wildman–Crippen LogP) is 8.60. The van der Waals surface area contributed by atoms with Gasteiger partial charge in [-0.1, -0.05) is 124 Å². The van der Waals surface area contributed by atoms with Gasteiger partial charge in [0.2, 0.25) is 5.91 Å². The number of carbonyl (C=O) groups is 4. The highest BCUT2D eigenvalue weighted by Crippen LogP contribution is 2.46. The molecule has 0 saturated heterocycles. The number of nitrogens with zero attached hydrogens (tertiary/aromatic N) is 1. The van der Waals surface area contributed by atoms with Crippen LogP contribution in [-0.2, 0) is 30.5 Å². The van der Waals surface area contributed by atoms with Gasteiger partial charge in [0, 0.05) is 36.4 Å². The number of rotatable bonds is 26. The van der Waals surface area contributed by atoms with Gasteiger partial charge in [-0.05, 0) is 83.3 Å². The van der Waals surface area contributed by atoms with Gasteiger partial charge in [0.1, 0.15) is 24.7 Å². The van der Waals surface area contributed by atoms with Gasteiger partial charge in [-0.25, -0.2) is 0 Å². The highest BCUT2D eigenvalue weighted by molar-refractivity contribution is 6.10. The second kappa shape index (κ2) is 24.5. The number of hydrogen-bond acceptors (Lipinski definition) is 9. The molecule has 0 unspecified atom stereocenters. The summed E-state index contributed by atoms with van der Waals surface area (Å²) in [5.41, 5.74) is 19.3. The molecule has 0 aromatic heterocycles. The fourth-order valence-electron chi connectivity index (χ4n) is 7.71. The fraction of sp³-hybridized carbons (Fsp3) is 0.377. The maximum Gasteiger partial charge on any atom is 0.310 e. The number of unbranched alkanes of at least 4 members (excludes halogenated alkanes) is 1. The minimum absolute atomic E-state index is 0.0562. The van der Waals surface area contributed by atoms with Crippen molar-refractivity contribution in [2.45, 2.75) is 84.8 Å². The molecular formula is C53H65N5O7. The Labute approximate surface area is 383 Å². The highest BCUT2D eigenvalue weighted by atomic mass is 16.5. The van der Waals surface area contributed by atoms with Crippen molar-refractivity contribution in [2.75, 3.05) is 26.3 Å². The summed E-state index contributed by atoms with van der Waals surface area (Å²) in [5.74, 6) is -2.12. The average Bonchev–Trinajstić information content (AvgIpc) is 3.29. The summed E-state index contributed by atoms with van der Waals surface area (Å²) in [6.45, 7) is 11.0. The first-order chi connectivity index (χ1) is 31.3. The summed E-state index contributed by atoms with van der Waals surface area (Å²) < 4.78 is 18.6. The number of hydrogen-bond donors (Lipinski definition) is 4. The van der Waals surface area contributed by atoms with Crippen molar-refractivity contribution in [3.63, 3.8) is 0 Å². The van der Waals surface area contributed by atoms with Crippen LogP contribution in [0.1, 0.15) is 77.7 Å². The maximum atomic E-state index is 14.2. The van der Waals surface area contributed by atoms with Crippen molar-refractivity contribution in [2.24, 2.45) is 39.4 Å². The molecule has 5 aromatic rings. The van der Waals surface area contributed by atoms with E-state index in [4.69, 9.17) is 31.4 Å². The molecule has 12 heteroatoms. The van der Waals surface area contributed by atoms with Gasteiger partial charge in [0.05, 0.1) is 18.6 Å². The van der Waals surface area contributed by atoms with Gasteiger partial charge >= 0.3 is 5.97 Å².